The van der Waals surface area contributed by atoms with E-state index in [1.165, 1.54) is 0 Å². The maximum absolute atomic E-state index is 11.5. The van der Waals surface area contributed by atoms with Gasteiger partial charge in [0.25, 0.3) is 0 Å². The number of carbonyl (C=O) groups is 1. The fourth-order valence-corrected chi connectivity index (χ4v) is 3.41. The van der Waals surface area contributed by atoms with E-state index in [4.69, 9.17) is 0 Å². The number of aryl methyl sites for hydroxylation is 1. The Morgan fingerprint density at radius 2 is 1.79 bits per heavy atom. The fraction of sp³-hybridized carbons (Fsp3) is 0.130. The number of carboxylic acids is 1. The summed E-state index contributed by atoms with van der Waals surface area (Å²) in [4.78, 5) is 16.0. The molecule has 0 bridgehead atoms. The Morgan fingerprint density at radius 3 is 2.50 bits per heavy atom. The zero-order valence-corrected chi connectivity index (χ0v) is 15.4. The highest BCUT2D eigenvalue weighted by Gasteiger charge is 2.16. The number of imidazole rings is 1. The highest BCUT2D eigenvalue weighted by atomic mass is 16.4. The molecule has 28 heavy (non-hydrogen) atoms. The van der Waals surface area contributed by atoms with Gasteiger partial charge in [-0.3, -0.25) is 0 Å². The van der Waals surface area contributed by atoms with Gasteiger partial charge in [-0.25, -0.2) is 9.78 Å². The topological polar surface area (TPSA) is 74.8 Å². The molecule has 2 N–H and O–H groups in total. The van der Waals surface area contributed by atoms with Crippen LogP contribution in [0.15, 0.2) is 72.9 Å². The van der Waals surface area contributed by atoms with Gasteiger partial charge in [0.2, 0.25) is 0 Å². The third-order valence-corrected chi connectivity index (χ3v) is 4.91. The lowest BCUT2D eigenvalue weighted by atomic mass is 9.97. The fourth-order valence-electron chi connectivity index (χ4n) is 3.41. The molecule has 2 aromatic carbocycles. The normalized spacial score (nSPS) is 12.2. The first-order valence-corrected chi connectivity index (χ1v) is 9.16. The molecule has 4 aromatic rings. The predicted octanol–water partition coefficient (Wildman–Crippen LogP) is 4.34. The first kappa shape index (κ1) is 17.9. The van der Waals surface area contributed by atoms with Crippen LogP contribution in [0.5, 0.6) is 0 Å². The van der Waals surface area contributed by atoms with Gasteiger partial charge in [0.1, 0.15) is 11.8 Å². The average Bonchev–Trinajstić information content (AvgIpc) is 3.17. The highest BCUT2D eigenvalue weighted by Crippen LogP contribution is 2.28. The van der Waals surface area contributed by atoms with Crippen LogP contribution in [0.3, 0.4) is 0 Å². The van der Waals surface area contributed by atoms with Crippen molar-refractivity contribution in [3.8, 4) is 11.1 Å². The molecule has 0 fully saturated rings. The van der Waals surface area contributed by atoms with Gasteiger partial charge in [0.15, 0.2) is 0 Å². The number of hydrogen-bond donors (Lipinski definition) is 2. The Hall–Kier alpha value is -3.44. The molecule has 4 rings (SSSR count). The predicted molar refractivity (Wildman–Crippen MR) is 107 cm³/mol. The zero-order valence-electron chi connectivity index (χ0n) is 15.4. The number of aromatic nitrogens is 2. The Balaban J connectivity index is 1.70. The van der Waals surface area contributed by atoms with Crippen LogP contribution < -0.4 is 0 Å². The third-order valence-electron chi connectivity index (χ3n) is 4.91. The van der Waals surface area contributed by atoms with Crippen LogP contribution >= 0.6 is 0 Å². The Kier molecular flexibility index (Phi) is 4.67. The minimum absolute atomic E-state index is 0.256. The lowest BCUT2D eigenvalue weighted by Crippen LogP contribution is -2.05. The van der Waals surface area contributed by atoms with E-state index in [1.807, 2.05) is 66.1 Å². The van der Waals surface area contributed by atoms with Gasteiger partial charge in [-0.05, 0) is 41.3 Å². The number of aliphatic hydroxyl groups excluding tert-OH is 1. The lowest BCUT2D eigenvalue weighted by molar-refractivity contribution is 0.0697. The largest absolute Gasteiger partial charge is 0.478 e. The van der Waals surface area contributed by atoms with E-state index in [-0.39, 0.29) is 5.56 Å². The van der Waals surface area contributed by atoms with Gasteiger partial charge in [0, 0.05) is 6.20 Å². The number of fused-ring (bicyclic) bond motifs is 1. The van der Waals surface area contributed by atoms with Crippen LogP contribution in [0.2, 0.25) is 0 Å². The van der Waals surface area contributed by atoms with E-state index >= 15 is 0 Å². The third kappa shape index (κ3) is 3.17. The van der Waals surface area contributed by atoms with Crippen molar-refractivity contribution >= 4 is 11.6 Å². The molecule has 0 spiro atoms. The van der Waals surface area contributed by atoms with Gasteiger partial charge in [-0.15, -0.1) is 0 Å². The summed E-state index contributed by atoms with van der Waals surface area (Å²) in [7, 11) is 0. The molecule has 0 saturated carbocycles. The van der Waals surface area contributed by atoms with Crippen molar-refractivity contribution in [1.82, 2.24) is 9.38 Å². The van der Waals surface area contributed by atoms with Crippen molar-refractivity contribution < 1.29 is 15.0 Å². The highest BCUT2D eigenvalue weighted by molar-refractivity contribution is 5.96. The van der Waals surface area contributed by atoms with Crippen LogP contribution in [0, 0.1) is 0 Å². The Bertz CT molecular complexity index is 1150. The van der Waals surface area contributed by atoms with E-state index in [1.54, 1.807) is 18.2 Å². The standard InChI is InChI=1S/C23H20N2O3/c1-2-17-14-25-20(8-5-9-21(25)24-17)22(26)16-12-10-15(11-13-16)18-6-3-4-7-19(18)23(27)28/h3-14,22,26H,2H2,1H3,(H,27,28)/t22-/m1/s1. The van der Waals surface area contributed by atoms with E-state index < -0.39 is 12.1 Å². The van der Waals surface area contributed by atoms with E-state index in [0.29, 0.717) is 5.56 Å². The molecule has 2 heterocycles. The molecule has 140 valence electrons. The molecule has 0 radical (unpaired) electrons. The minimum Gasteiger partial charge on any atom is -0.478 e. The van der Waals surface area contributed by atoms with Crippen LogP contribution in [0.25, 0.3) is 16.8 Å². The molecule has 0 saturated heterocycles. The second kappa shape index (κ2) is 7.29. The molecule has 0 aliphatic heterocycles. The summed E-state index contributed by atoms with van der Waals surface area (Å²) in [5.74, 6) is -0.960. The van der Waals surface area contributed by atoms with Crippen molar-refractivity contribution in [3.05, 3.63) is 95.4 Å². The van der Waals surface area contributed by atoms with Gasteiger partial charge < -0.3 is 14.6 Å². The monoisotopic (exact) mass is 372 g/mol. The van der Waals surface area contributed by atoms with Crippen molar-refractivity contribution in [2.75, 3.05) is 0 Å². The molecule has 5 nitrogen and oxygen atoms in total. The molecular weight excluding hydrogens is 352 g/mol. The molecule has 0 aliphatic rings. The second-order valence-corrected chi connectivity index (χ2v) is 6.64. The quantitative estimate of drug-likeness (QED) is 0.546. The summed E-state index contributed by atoms with van der Waals surface area (Å²) in [6, 6.07) is 19.9. The van der Waals surface area contributed by atoms with E-state index in [9.17, 15) is 15.0 Å². The summed E-state index contributed by atoms with van der Waals surface area (Å²) >= 11 is 0. The number of rotatable bonds is 5. The molecule has 0 aliphatic carbocycles. The molecule has 5 heteroatoms. The molecule has 0 amide bonds. The number of pyridine rings is 1. The van der Waals surface area contributed by atoms with Crippen LogP contribution in [-0.4, -0.2) is 25.6 Å². The summed E-state index contributed by atoms with van der Waals surface area (Å²) in [6.07, 6.45) is 1.96. The summed E-state index contributed by atoms with van der Waals surface area (Å²) in [5, 5.41) is 20.3. The summed E-state index contributed by atoms with van der Waals surface area (Å²) in [6.45, 7) is 2.05. The zero-order chi connectivity index (χ0) is 19.7. The van der Waals surface area contributed by atoms with Crippen molar-refractivity contribution in [2.45, 2.75) is 19.4 Å². The van der Waals surface area contributed by atoms with Gasteiger partial charge in [-0.1, -0.05) is 55.5 Å². The second-order valence-electron chi connectivity index (χ2n) is 6.64. The number of benzene rings is 2. The number of hydrogen-bond acceptors (Lipinski definition) is 3. The first-order chi connectivity index (χ1) is 13.6. The molecular formula is C23H20N2O3. The average molecular weight is 372 g/mol. The molecule has 0 unspecified atom stereocenters. The van der Waals surface area contributed by atoms with Crippen LogP contribution in [0.4, 0.5) is 0 Å². The summed E-state index contributed by atoms with van der Waals surface area (Å²) < 4.78 is 1.91. The maximum atomic E-state index is 11.5. The summed E-state index contributed by atoms with van der Waals surface area (Å²) in [5.41, 5.74) is 4.95. The van der Waals surface area contributed by atoms with Crippen molar-refractivity contribution in [1.29, 1.82) is 0 Å². The molecule has 2 aromatic heterocycles. The number of carboxylic acid groups (broad SMARTS) is 1. The number of nitrogens with zero attached hydrogens (tertiary/aromatic N) is 2. The van der Waals surface area contributed by atoms with Crippen molar-refractivity contribution in [2.24, 2.45) is 0 Å². The number of aliphatic hydroxyl groups is 1. The Labute approximate surface area is 162 Å². The lowest BCUT2D eigenvalue weighted by Gasteiger charge is -2.14. The van der Waals surface area contributed by atoms with Crippen LogP contribution in [-0.2, 0) is 6.42 Å². The van der Waals surface area contributed by atoms with Gasteiger partial charge in [0.05, 0.1) is 17.0 Å². The van der Waals surface area contributed by atoms with Gasteiger partial charge in [-0.2, -0.15) is 0 Å². The Morgan fingerprint density at radius 1 is 1.04 bits per heavy atom. The maximum Gasteiger partial charge on any atom is 0.336 e. The van der Waals surface area contributed by atoms with E-state index in [2.05, 4.69) is 4.98 Å². The van der Waals surface area contributed by atoms with E-state index in [0.717, 1.165) is 34.6 Å². The number of aromatic carboxylic acids is 1. The SMILES string of the molecule is CCc1cn2c([C@H](O)c3ccc(-c4ccccc4C(=O)O)cc3)cccc2n1. The van der Waals surface area contributed by atoms with Crippen molar-refractivity contribution in [3.63, 3.8) is 0 Å². The smallest absolute Gasteiger partial charge is 0.336 e. The van der Waals surface area contributed by atoms with Crippen LogP contribution in [0.1, 0.15) is 40.3 Å². The first-order valence-electron chi connectivity index (χ1n) is 9.16. The minimum atomic E-state index is -0.960. The molecule has 1 atom stereocenters. The van der Waals surface area contributed by atoms with Gasteiger partial charge >= 0.3 is 5.97 Å².